The normalized spacial score (nSPS) is 12.9. The molecule has 0 fully saturated rings. The zero-order valence-electron chi connectivity index (χ0n) is 9.05. The number of rotatable bonds is 3. The lowest BCUT2D eigenvalue weighted by Gasteiger charge is -2.03. The summed E-state index contributed by atoms with van der Waals surface area (Å²) in [7, 11) is -3.77. The van der Waals surface area contributed by atoms with Crippen LogP contribution in [0.25, 0.3) is 10.6 Å². The van der Waals surface area contributed by atoms with Gasteiger partial charge < -0.3 is 0 Å². The van der Waals surface area contributed by atoms with Gasteiger partial charge in [0.05, 0.1) is 15.4 Å². The van der Waals surface area contributed by atoms with E-state index in [0.717, 1.165) is 18.3 Å². The van der Waals surface area contributed by atoms with E-state index in [1.54, 1.807) is 0 Å². The van der Waals surface area contributed by atoms with E-state index in [-0.39, 0.29) is 9.09 Å². The summed E-state index contributed by atoms with van der Waals surface area (Å²) in [6, 6.07) is 4.08. The Morgan fingerprint density at radius 2 is 2.06 bits per heavy atom. The van der Waals surface area contributed by atoms with Crippen LogP contribution < -0.4 is 5.14 Å². The molecule has 0 atom stereocenters. The smallest absolute Gasteiger partial charge is 0.224 e. The Morgan fingerprint density at radius 1 is 1.39 bits per heavy atom. The molecule has 2 N–H and O–H groups in total. The van der Waals surface area contributed by atoms with Gasteiger partial charge in [0, 0.05) is 6.92 Å². The van der Waals surface area contributed by atoms with Crippen molar-refractivity contribution in [2.45, 2.75) is 17.1 Å². The minimum Gasteiger partial charge on any atom is -0.224 e. The molecular formula is C9H8F2N2O2S3. The highest BCUT2D eigenvalue weighted by Gasteiger charge is 2.27. The maximum atomic E-state index is 13.0. The Hall–Kier alpha value is -0.900. The molecule has 0 amide bonds. The van der Waals surface area contributed by atoms with E-state index in [9.17, 15) is 17.2 Å². The molecule has 9 heteroatoms. The van der Waals surface area contributed by atoms with Gasteiger partial charge in [0.15, 0.2) is 0 Å². The zero-order valence-corrected chi connectivity index (χ0v) is 11.5. The maximum absolute atomic E-state index is 13.0. The van der Waals surface area contributed by atoms with Crippen LogP contribution in [0.4, 0.5) is 8.78 Å². The third-order valence-corrected chi connectivity index (χ3v) is 5.56. The number of hydrogen-bond acceptors (Lipinski definition) is 5. The third-order valence-electron chi connectivity index (χ3n) is 2.06. The number of alkyl halides is 2. The Kier molecular flexibility index (Phi) is 3.26. The highest BCUT2D eigenvalue weighted by Crippen LogP contribution is 2.36. The van der Waals surface area contributed by atoms with E-state index in [1.807, 2.05) is 0 Å². The zero-order chi connectivity index (χ0) is 13.6. The first kappa shape index (κ1) is 13.5. The number of sulfonamides is 1. The van der Waals surface area contributed by atoms with Crippen LogP contribution in [0, 0.1) is 0 Å². The van der Waals surface area contributed by atoms with Gasteiger partial charge in [-0.3, -0.25) is 0 Å². The van der Waals surface area contributed by atoms with Gasteiger partial charge in [-0.15, -0.1) is 11.3 Å². The molecule has 4 nitrogen and oxygen atoms in total. The molecule has 98 valence electrons. The van der Waals surface area contributed by atoms with Gasteiger partial charge in [0.1, 0.15) is 4.21 Å². The first-order chi connectivity index (χ1) is 8.18. The number of aromatic nitrogens is 1. The van der Waals surface area contributed by atoms with Crippen LogP contribution in [0.2, 0.25) is 0 Å². The lowest BCUT2D eigenvalue weighted by atomic mass is 10.2. The average molecular weight is 310 g/mol. The molecule has 2 aromatic heterocycles. The minimum atomic E-state index is -3.77. The van der Waals surface area contributed by atoms with Crippen molar-refractivity contribution in [3.8, 4) is 10.6 Å². The predicted octanol–water partition coefficient (Wildman–Crippen LogP) is 2.63. The molecule has 0 radical (unpaired) electrons. The van der Waals surface area contributed by atoms with Gasteiger partial charge in [0.25, 0.3) is 5.92 Å². The Labute approximate surface area is 110 Å². The number of nitrogens with two attached hydrogens (primary N) is 1. The number of nitrogens with zero attached hydrogens (tertiary/aromatic N) is 1. The molecule has 0 bridgehead atoms. The highest BCUT2D eigenvalue weighted by molar-refractivity contribution is 7.91. The van der Waals surface area contributed by atoms with Crippen molar-refractivity contribution in [2.24, 2.45) is 5.14 Å². The van der Waals surface area contributed by atoms with Crippen molar-refractivity contribution >= 4 is 32.9 Å². The molecule has 0 saturated carbocycles. The molecule has 2 aromatic rings. The predicted molar refractivity (Wildman–Crippen MR) is 66.4 cm³/mol. The number of primary sulfonamides is 1. The van der Waals surface area contributed by atoms with Crippen LogP contribution in [0.15, 0.2) is 22.4 Å². The van der Waals surface area contributed by atoms with E-state index in [1.165, 1.54) is 18.2 Å². The number of hydrogen-bond donors (Lipinski definition) is 1. The molecule has 0 aliphatic carbocycles. The summed E-state index contributed by atoms with van der Waals surface area (Å²) in [4.78, 5) is 0.328. The van der Waals surface area contributed by atoms with Crippen molar-refractivity contribution in [1.29, 1.82) is 0 Å². The second-order valence-electron chi connectivity index (χ2n) is 3.63. The molecule has 0 spiro atoms. The third kappa shape index (κ3) is 2.74. The summed E-state index contributed by atoms with van der Waals surface area (Å²) in [6.07, 6.45) is 0. The first-order valence-electron chi connectivity index (χ1n) is 4.66. The van der Waals surface area contributed by atoms with E-state index < -0.39 is 15.9 Å². The van der Waals surface area contributed by atoms with Crippen LogP contribution in [0.1, 0.15) is 11.8 Å². The van der Waals surface area contributed by atoms with Crippen LogP contribution in [-0.2, 0) is 15.9 Å². The first-order valence-corrected chi connectivity index (χ1v) is 7.79. The second kappa shape index (κ2) is 4.34. The maximum Gasteiger partial charge on any atom is 0.281 e. The van der Waals surface area contributed by atoms with Crippen molar-refractivity contribution in [3.05, 3.63) is 23.1 Å². The fourth-order valence-electron chi connectivity index (χ4n) is 1.21. The van der Waals surface area contributed by atoms with Crippen LogP contribution in [-0.4, -0.2) is 12.8 Å². The fraction of sp³-hybridized carbons (Fsp3) is 0.222. The van der Waals surface area contributed by atoms with Gasteiger partial charge in [-0.2, -0.15) is 4.37 Å². The summed E-state index contributed by atoms with van der Waals surface area (Å²) >= 11 is 1.60. The van der Waals surface area contributed by atoms with Crippen molar-refractivity contribution in [3.63, 3.8) is 0 Å². The summed E-state index contributed by atoms with van der Waals surface area (Å²) in [5.74, 6) is -2.95. The van der Waals surface area contributed by atoms with Gasteiger partial charge in [0.2, 0.25) is 10.0 Å². The second-order valence-corrected chi connectivity index (χ2v) is 7.31. The topological polar surface area (TPSA) is 73.1 Å². The molecule has 18 heavy (non-hydrogen) atoms. The van der Waals surface area contributed by atoms with Crippen LogP contribution >= 0.6 is 22.9 Å². The molecule has 2 heterocycles. The number of halogens is 2. The van der Waals surface area contributed by atoms with E-state index in [0.29, 0.717) is 22.1 Å². The lowest BCUT2D eigenvalue weighted by Crippen LogP contribution is -2.09. The number of thiophene rings is 1. The Morgan fingerprint density at radius 3 is 2.50 bits per heavy atom. The summed E-state index contributed by atoms with van der Waals surface area (Å²) < 4.78 is 52.1. The van der Waals surface area contributed by atoms with Crippen molar-refractivity contribution in [2.75, 3.05) is 0 Å². The average Bonchev–Trinajstić information content (AvgIpc) is 2.84. The van der Waals surface area contributed by atoms with Gasteiger partial charge in [-0.25, -0.2) is 22.3 Å². The lowest BCUT2D eigenvalue weighted by molar-refractivity contribution is 0.0215. The molecule has 0 aromatic carbocycles. The van der Waals surface area contributed by atoms with Gasteiger partial charge >= 0.3 is 0 Å². The molecule has 2 rings (SSSR count). The Balaban J connectivity index is 2.39. The molecule has 0 aliphatic rings. The summed E-state index contributed by atoms with van der Waals surface area (Å²) in [5.41, 5.74) is 0.330. The van der Waals surface area contributed by atoms with Crippen molar-refractivity contribution < 1.29 is 17.2 Å². The quantitative estimate of drug-likeness (QED) is 0.947. The van der Waals surface area contributed by atoms with E-state index in [2.05, 4.69) is 4.37 Å². The van der Waals surface area contributed by atoms with E-state index in [4.69, 9.17) is 5.14 Å². The highest BCUT2D eigenvalue weighted by atomic mass is 32.2. The fourth-order valence-corrected chi connectivity index (χ4v) is 3.63. The molecule has 0 saturated heterocycles. The SMILES string of the molecule is CC(F)(F)c1cc(-c2ccc(S(N)(=O)=O)s2)ns1. The van der Waals surface area contributed by atoms with Crippen molar-refractivity contribution in [1.82, 2.24) is 4.37 Å². The largest absolute Gasteiger partial charge is 0.281 e. The molecular weight excluding hydrogens is 302 g/mol. The Bertz CT molecular complexity index is 670. The molecule has 0 aliphatic heterocycles. The van der Waals surface area contributed by atoms with Gasteiger partial charge in [-0.1, -0.05) is 0 Å². The van der Waals surface area contributed by atoms with Gasteiger partial charge in [-0.05, 0) is 29.7 Å². The van der Waals surface area contributed by atoms with Crippen LogP contribution in [0.5, 0.6) is 0 Å². The van der Waals surface area contributed by atoms with E-state index >= 15 is 0 Å². The monoisotopic (exact) mass is 310 g/mol. The molecule has 0 unspecified atom stereocenters. The standard InChI is InChI=1S/C9H8F2N2O2S3/c1-9(10,11)7-4-5(13-17-7)6-2-3-8(16-6)18(12,14)15/h2-4H,1H3,(H2,12,14,15). The summed E-state index contributed by atoms with van der Waals surface area (Å²) in [6.45, 7) is 0.786. The van der Waals surface area contributed by atoms with Crippen LogP contribution in [0.3, 0.4) is 0 Å². The minimum absolute atomic E-state index is 0.0182. The summed E-state index contributed by atoms with van der Waals surface area (Å²) in [5, 5.41) is 4.97.